The minimum Gasteiger partial charge on any atom is -0.464 e. The lowest BCUT2D eigenvalue weighted by Gasteiger charge is -2.22. The lowest BCUT2D eigenvalue weighted by atomic mass is 10.00. The number of nitrogens with one attached hydrogen (secondary N) is 1. The molecule has 0 radical (unpaired) electrons. The predicted molar refractivity (Wildman–Crippen MR) is 102 cm³/mol. The van der Waals surface area contributed by atoms with Crippen molar-refractivity contribution in [3.63, 3.8) is 0 Å². The molecule has 120 valence electrons. The predicted octanol–water partition coefficient (Wildman–Crippen LogP) is 4.23. The highest BCUT2D eigenvalue weighted by Crippen LogP contribution is 2.30. The number of halogens is 3. The SMILES string of the molecule is Cl.Cl.Ic1nn(CC2CCCNC2)c2c1ccc1occc12. The summed E-state index contributed by atoms with van der Waals surface area (Å²) in [6, 6.07) is 6.20. The molecule has 1 unspecified atom stereocenters. The Hall–Kier alpha value is -0.500. The highest BCUT2D eigenvalue weighted by Gasteiger charge is 2.18. The van der Waals surface area contributed by atoms with E-state index in [1.807, 2.05) is 12.1 Å². The molecule has 4 nitrogen and oxygen atoms in total. The molecule has 2 aromatic heterocycles. The average molecular weight is 454 g/mol. The van der Waals surface area contributed by atoms with Crippen LogP contribution in [0, 0.1) is 9.62 Å². The van der Waals surface area contributed by atoms with Gasteiger partial charge >= 0.3 is 0 Å². The Morgan fingerprint density at radius 1 is 1.27 bits per heavy atom. The summed E-state index contributed by atoms with van der Waals surface area (Å²) in [7, 11) is 0. The van der Waals surface area contributed by atoms with E-state index in [0.717, 1.165) is 28.9 Å². The first-order valence-corrected chi connectivity index (χ1v) is 8.14. The number of nitrogens with zero attached hydrogens (tertiary/aromatic N) is 2. The van der Waals surface area contributed by atoms with Crippen LogP contribution in [-0.2, 0) is 6.54 Å². The summed E-state index contributed by atoms with van der Waals surface area (Å²) in [6.45, 7) is 3.23. The number of furan rings is 1. The Labute approximate surface area is 154 Å². The van der Waals surface area contributed by atoms with Crippen molar-refractivity contribution in [3.05, 3.63) is 28.2 Å². The quantitative estimate of drug-likeness (QED) is 0.590. The first kappa shape index (κ1) is 17.8. The number of rotatable bonds is 2. The van der Waals surface area contributed by atoms with Crippen LogP contribution in [-0.4, -0.2) is 22.9 Å². The molecule has 1 fully saturated rings. The molecule has 4 rings (SSSR count). The van der Waals surface area contributed by atoms with Crippen LogP contribution in [0.5, 0.6) is 0 Å². The average Bonchev–Trinajstić information content (AvgIpc) is 3.05. The fraction of sp³-hybridized carbons (Fsp3) is 0.400. The van der Waals surface area contributed by atoms with E-state index in [4.69, 9.17) is 9.52 Å². The fourth-order valence-electron chi connectivity index (χ4n) is 3.14. The van der Waals surface area contributed by atoms with Crippen molar-refractivity contribution >= 4 is 69.3 Å². The number of piperidine rings is 1. The third-order valence-corrected chi connectivity index (χ3v) is 4.92. The number of hydrogen-bond acceptors (Lipinski definition) is 3. The van der Waals surface area contributed by atoms with Crippen LogP contribution >= 0.6 is 47.4 Å². The summed E-state index contributed by atoms with van der Waals surface area (Å²) in [6.07, 6.45) is 4.31. The molecule has 3 heterocycles. The number of benzene rings is 1. The number of hydrogen-bond donors (Lipinski definition) is 1. The van der Waals surface area contributed by atoms with E-state index in [9.17, 15) is 0 Å². The van der Waals surface area contributed by atoms with Crippen LogP contribution in [0.25, 0.3) is 21.9 Å². The fourth-order valence-corrected chi connectivity index (χ4v) is 3.84. The van der Waals surface area contributed by atoms with Crippen molar-refractivity contribution in [3.8, 4) is 0 Å². The Kier molecular flexibility index (Phi) is 5.99. The lowest BCUT2D eigenvalue weighted by molar-refractivity contribution is 0.329. The van der Waals surface area contributed by atoms with Crippen LogP contribution in [0.3, 0.4) is 0 Å². The minimum atomic E-state index is 0. The second kappa shape index (κ2) is 7.38. The van der Waals surface area contributed by atoms with Crippen molar-refractivity contribution in [2.24, 2.45) is 5.92 Å². The molecule has 7 heteroatoms. The largest absolute Gasteiger partial charge is 0.464 e. The molecule has 0 bridgehead atoms. The van der Waals surface area contributed by atoms with Crippen molar-refractivity contribution < 1.29 is 4.42 Å². The first-order valence-electron chi connectivity index (χ1n) is 7.06. The first-order chi connectivity index (χ1) is 9.83. The molecule has 1 saturated heterocycles. The Morgan fingerprint density at radius 2 is 2.14 bits per heavy atom. The molecule has 1 N–H and O–H groups in total. The standard InChI is InChI=1S/C15H16IN3O.2ClH/c16-15-12-3-4-13-11(5-7-20-13)14(12)19(18-15)9-10-2-1-6-17-8-10;;/h3-5,7,10,17H,1-2,6,8-9H2;2*1H. The summed E-state index contributed by atoms with van der Waals surface area (Å²) < 4.78 is 8.77. The van der Waals surface area contributed by atoms with Gasteiger partial charge in [-0.25, -0.2) is 0 Å². The monoisotopic (exact) mass is 453 g/mol. The zero-order chi connectivity index (χ0) is 13.5. The molecule has 0 amide bonds. The van der Waals surface area contributed by atoms with E-state index in [1.165, 1.54) is 29.1 Å². The summed E-state index contributed by atoms with van der Waals surface area (Å²) >= 11 is 2.33. The zero-order valence-corrected chi connectivity index (χ0v) is 15.7. The Balaban J connectivity index is 0.000000882. The van der Waals surface area contributed by atoms with Gasteiger partial charge in [0.05, 0.1) is 11.8 Å². The molecule has 1 aromatic carbocycles. The van der Waals surface area contributed by atoms with Crippen molar-refractivity contribution in [2.75, 3.05) is 13.1 Å². The maximum atomic E-state index is 5.52. The van der Waals surface area contributed by atoms with Gasteiger partial charge in [0, 0.05) is 17.3 Å². The van der Waals surface area contributed by atoms with E-state index >= 15 is 0 Å². The Morgan fingerprint density at radius 3 is 2.91 bits per heavy atom. The van der Waals surface area contributed by atoms with Gasteiger partial charge < -0.3 is 9.73 Å². The second-order valence-electron chi connectivity index (χ2n) is 5.48. The van der Waals surface area contributed by atoms with Crippen LogP contribution in [0.15, 0.2) is 28.9 Å². The molecule has 0 aliphatic carbocycles. The molecule has 3 aromatic rings. The third-order valence-electron chi connectivity index (χ3n) is 4.13. The summed E-state index contributed by atoms with van der Waals surface area (Å²) in [4.78, 5) is 0. The molecule has 1 aliphatic heterocycles. The maximum absolute atomic E-state index is 5.52. The number of aromatic nitrogens is 2. The van der Waals surface area contributed by atoms with E-state index < -0.39 is 0 Å². The van der Waals surface area contributed by atoms with Gasteiger partial charge in [0.15, 0.2) is 0 Å². The van der Waals surface area contributed by atoms with Gasteiger partial charge in [-0.05, 0) is 72.6 Å². The maximum Gasteiger partial charge on any atom is 0.136 e. The molecular weight excluding hydrogens is 436 g/mol. The number of fused-ring (bicyclic) bond motifs is 3. The lowest BCUT2D eigenvalue weighted by Crippen LogP contribution is -2.32. The van der Waals surface area contributed by atoms with E-state index in [-0.39, 0.29) is 24.8 Å². The Bertz CT molecular complexity index is 765. The zero-order valence-electron chi connectivity index (χ0n) is 11.9. The van der Waals surface area contributed by atoms with Crippen molar-refractivity contribution in [1.29, 1.82) is 0 Å². The summed E-state index contributed by atoms with van der Waals surface area (Å²) in [5, 5.41) is 10.6. The van der Waals surface area contributed by atoms with E-state index in [0.29, 0.717) is 5.92 Å². The van der Waals surface area contributed by atoms with Gasteiger partial charge in [-0.1, -0.05) is 0 Å². The van der Waals surface area contributed by atoms with E-state index in [1.54, 1.807) is 6.26 Å². The normalized spacial score (nSPS) is 18.1. The van der Waals surface area contributed by atoms with Crippen LogP contribution in [0.1, 0.15) is 12.8 Å². The van der Waals surface area contributed by atoms with Gasteiger partial charge in [-0.15, -0.1) is 24.8 Å². The van der Waals surface area contributed by atoms with Gasteiger partial charge in [0.25, 0.3) is 0 Å². The summed E-state index contributed by atoms with van der Waals surface area (Å²) in [5.74, 6) is 0.671. The molecule has 0 spiro atoms. The van der Waals surface area contributed by atoms with E-state index in [2.05, 4.69) is 38.7 Å². The molecule has 0 saturated carbocycles. The highest BCUT2D eigenvalue weighted by atomic mass is 127. The second-order valence-corrected chi connectivity index (χ2v) is 6.50. The summed E-state index contributed by atoms with van der Waals surface area (Å²) in [5.41, 5.74) is 2.16. The van der Waals surface area contributed by atoms with Gasteiger partial charge in [-0.2, -0.15) is 5.10 Å². The van der Waals surface area contributed by atoms with Gasteiger partial charge in [0.2, 0.25) is 0 Å². The molecular formula is C15H18Cl2IN3O. The molecule has 1 atom stereocenters. The topological polar surface area (TPSA) is 43.0 Å². The molecule has 22 heavy (non-hydrogen) atoms. The van der Waals surface area contributed by atoms with Gasteiger partial charge in [0.1, 0.15) is 9.28 Å². The van der Waals surface area contributed by atoms with Crippen molar-refractivity contribution in [1.82, 2.24) is 15.1 Å². The van der Waals surface area contributed by atoms with Crippen LogP contribution < -0.4 is 5.32 Å². The smallest absolute Gasteiger partial charge is 0.136 e. The van der Waals surface area contributed by atoms with Crippen molar-refractivity contribution in [2.45, 2.75) is 19.4 Å². The van der Waals surface area contributed by atoms with Gasteiger partial charge in [-0.3, -0.25) is 4.68 Å². The molecule has 1 aliphatic rings. The third kappa shape index (κ3) is 3.09. The minimum absolute atomic E-state index is 0. The highest BCUT2D eigenvalue weighted by molar-refractivity contribution is 14.1. The van der Waals surface area contributed by atoms with Crippen LogP contribution in [0.2, 0.25) is 0 Å². The van der Waals surface area contributed by atoms with Crippen LogP contribution in [0.4, 0.5) is 0 Å².